The van der Waals surface area contributed by atoms with E-state index in [0.29, 0.717) is 5.75 Å². The highest BCUT2D eigenvalue weighted by molar-refractivity contribution is 7.89. The molecule has 2 aromatic rings. The van der Waals surface area contributed by atoms with Gasteiger partial charge in [0.25, 0.3) is 0 Å². The molecule has 0 bridgehead atoms. The Morgan fingerprint density at radius 1 is 1.11 bits per heavy atom. The zero-order valence-corrected chi connectivity index (χ0v) is 18.2. The molecular weight excluding hydrogens is 376 g/mol. The minimum absolute atomic E-state index is 0.0306. The van der Waals surface area contributed by atoms with E-state index in [-0.39, 0.29) is 23.6 Å². The van der Waals surface area contributed by atoms with Gasteiger partial charge in [0.2, 0.25) is 10.0 Å². The van der Waals surface area contributed by atoms with Crippen LogP contribution in [0, 0.1) is 6.92 Å². The third kappa shape index (κ3) is 5.70. The molecule has 1 atom stereocenters. The number of methoxy groups -OCH3 is 1. The fraction of sp³-hybridized carbons (Fsp3) is 0.429. The summed E-state index contributed by atoms with van der Waals surface area (Å²) in [6.45, 7) is 5.96. The third-order valence-corrected chi connectivity index (χ3v) is 5.81. The number of hydrogen-bond acceptors (Lipinski definition) is 5. The first-order valence-electron chi connectivity index (χ1n) is 9.21. The molecule has 2 rings (SSSR count). The molecule has 0 aliphatic rings. The summed E-state index contributed by atoms with van der Waals surface area (Å²) >= 11 is 0. The molecule has 0 amide bonds. The lowest BCUT2D eigenvalue weighted by molar-refractivity contribution is 0.240. The molecule has 1 N–H and O–H groups in total. The summed E-state index contributed by atoms with van der Waals surface area (Å²) < 4.78 is 39.3. The molecule has 7 heteroatoms. The molecule has 0 spiro atoms. The van der Waals surface area contributed by atoms with Gasteiger partial charge in [0.05, 0.1) is 18.1 Å². The van der Waals surface area contributed by atoms with Gasteiger partial charge in [0.1, 0.15) is 11.5 Å². The summed E-state index contributed by atoms with van der Waals surface area (Å²) in [5, 5.41) is 0. The van der Waals surface area contributed by atoms with Crippen LogP contribution in [-0.2, 0) is 10.0 Å². The molecule has 0 aliphatic carbocycles. The number of nitrogens with one attached hydrogen (secondary N) is 1. The van der Waals surface area contributed by atoms with Crippen molar-refractivity contribution in [2.75, 3.05) is 27.7 Å². The Bertz CT molecular complexity index is 895. The Balaban J connectivity index is 2.19. The van der Waals surface area contributed by atoms with Crippen LogP contribution in [0.15, 0.2) is 47.4 Å². The molecule has 0 saturated heterocycles. The van der Waals surface area contributed by atoms with Crippen LogP contribution in [0.4, 0.5) is 0 Å². The van der Waals surface area contributed by atoms with E-state index in [1.165, 1.54) is 0 Å². The quantitative estimate of drug-likeness (QED) is 0.692. The maximum Gasteiger partial charge on any atom is 0.240 e. The molecule has 2 aromatic carbocycles. The van der Waals surface area contributed by atoms with Crippen LogP contribution in [-0.4, -0.2) is 47.2 Å². The summed E-state index contributed by atoms with van der Waals surface area (Å²) in [5.41, 5.74) is 1.76. The molecular formula is C21H30N2O4S. The summed E-state index contributed by atoms with van der Waals surface area (Å²) in [4.78, 5) is 2.20. The van der Waals surface area contributed by atoms with Crippen molar-refractivity contribution in [3.05, 3.63) is 53.6 Å². The van der Waals surface area contributed by atoms with Crippen LogP contribution < -0.4 is 14.2 Å². The standard InChI is InChI=1S/C21H30N2O4S/c1-15(2)27-21-11-10-19(12-16(21)3)28(24,25)22-14-20(23(4)5)17-8-7-9-18(13-17)26-6/h7-13,15,20,22H,14H2,1-6H3. The van der Waals surface area contributed by atoms with Crippen molar-refractivity contribution in [3.63, 3.8) is 0 Å². The number of likely N-dealkylation sites (N-methyl/N-ethyl adjacent to an activating group) is 1. The lowest BCUT2D eigenvalue weighted by Gasteiger charge is -2.25. The SMILES string of the molecule is COc1cccc(C(CNS(=O)(=O)c2ccc(OC(C)C)c(C)c2)N(C)C)c1. The van der Waals surface area contributed by atoms with Crippen LogP contribution in [0.5, 0.6) is 11.5 Å². The van der Waals surface area contributed by atoms with Crippen LogP contribution in [0.3, 0.4) is 0 Å². The highest BCUT2D eigenvalue weighted by atomic mass is 32.2. The molecule has 28 heavy (non-hydrogen) atoms. The Morgan fingerprint density at radius 2 is 1.82 bits per heavy atom. The van der Waals surface area contributed by atoms with Gasteiger partial charge in [-0.25, -0.2) is 13.1 Å². The largest absolute Gasteiger partial charge is 0.497 e. The number of hydrogen-bond donors (Lipinski definition) is 1. The van der Waals surface area contributed by atoms with Crippen molar-refractivity contribution in [3.8, 4) is 11.5 Å². The maximum atomic E-state index is 12.8. The van der Waals surface area contributed by atoms with Crippen molar-refractivity contribution in [2.24, 2.45) is 0 Å². The second-order valence-electron chi connectivity index (χ2n) is 7.20. The number of benzene rings is 2. The first-order valence-corrected chi connectivity index (χ1v) is 10.7. The highest BCUT2D eigenvalue weighted by Gasteiger charge is 2.21. The van der Waals surface area contributed by atoms with E-state index in [9.17, 15) is 8.42 Å². The molecule has 0 saturated carbocycles. The molecule has 0 aromatic heterocycles. The molecule has 0 fully saturated rings. The smallest absolute Gasteiger partial charge is 0.240 e. The van der Waals surface area contributed by atoms with E-state index in [4.69, 9.17) is 9.47 Å². The Morgan fingerprint density at radius 3 is 2.39 bits per heavy atom. The van der Waals surface area contributed by atoms with Crippen LogP contribution in [0.2, 0.25) is 0 Å². The highest BCUT2D eigenvalue weighted by Crippen LogP contribution is 2.25. The third-order valence-electron chi connectivity index (χ3n) is 4.39. The fourth-order valence-electron chi connectivity index (χ4n) is 2.89. The van der Waals surface area contributed by atoms with Crippen molar-refractivity contribution in [1.82, 2.24) is 9.62 Å². The second-order valence-corrected chi connectivity index (χ2v) is 8.97. The minimum Gasteiger partial charge on any atom is -0.497 e. The van der Waals surface area contributed by atoms with E-state index in [0.717, 1.165) is 16.9 Å². The first-order chi connectivity index (χ1) is 13.1. The fourth-order valence-corrected chi connectivity index (χ4v) is 4.02. The summed E-state index contributed by atoms with van der Waals surface area (Å²) in [6, 6.07) is 12.4. The average molecular weight is 407 g/mol. The van der Waals surface area contributed by atoms with Gasteiger partial charge < -0.3 is 14.4 Å². The van der Waals surface area contributed by atoms with Crippen LogP contribution in [0.1, 0.15) is 31.0 Å². The second kappa shape index (κ2) is 9.41. The van der Waals surface area contributed by atoms with Crippen LogP contribution >= 0.6 is 0 Å². The number of sulfonamides is 1. The lowest BCUT2D eigenvalue weighted by Crippen LogP contribution is -2.34. The van der Waals surface area contributed by atoms with Crippen molar-refractivity contribution >= 4 is 10.0 Å². The number of nitrogens with zero attached hydrogens (tertiary/aromatic N) is 1. The van der Waals surface area contributed by atoms with Gasteiger partial charge in [0.15, 0.2) is 0 Å². The van der Waals surface area contributed by atoms with Gasteiger partial charge in [-0.15, -0.1) is 0 Å². The Labute approximate surface area is 168 Å². The van der Waals surface area contributed by atoms with Gasteiger partial charge in [-0.05, 0) is 76.3 Å². The summed E-state index contributed by atoms with van der Waals surface area (Å²) in [5.74, 6) is 1.43. The van der Waals surface area contributed by atoms with E-state index in [2.05, 4.69) is 4.72 Å². The van der Waals surface area contributed by atoms with Crippen molar-refractivity contribution < 1.29 is 17.9 Å². The summed E-state index contributed by atoms with van der Waals surface area (Å²) in [7, 11) is 1.80. The molecule has 6 nitrogen and oxygen atoms in total. The number of ether oxygens (including phenoxy) is 2. The molecule has 1 unspecified atom stereocenters. The molecule has 0 heterocycles. The van der Waals surface area contributed by atoms with E-state index >= 15 is 0 Å². The topological polar surface area (TPSA) is 67.9 Å². The van der Waals surface area contributed by atoms with Crippen molar-refractivity contribution in [2.45, 2.75) is 37.8 Å². The minimum atomic E-state index is -3.64. The van der Waals surface area contributed by atoms with Crippen LogP contribution in [0.25, 0.3) is 0 Å². The zero-order valence-electron chi connectivity index (χ0n) is 17.4. The van der Waals surface area contributed by atoms with E-state index in [1.54, 1.807) is 25.3 Å². The monoisotopic (exact) mass is 406 g/mol. The van der Waals surface area contributed by atoms with Gasteiger partial charge in [-0.2, -0.15) is 0 Å². The normalized spacial score (nSPS) is 13.0. The molecule has 0 aliphatic heterocycles. The number of rotatable bonds is 9. The van der Waals surface area contributed by atoms with E-state index in [1.807, 2.05) is 64.0 Å². The van der Waals surface area contributed by atoms with Gasteiger partial charge in [-0.3, -0.25) is 0 Å². The maximum absolute atomic E-state index is 12.8. The average Bonchev–Trinajstić information content (AvgIpc) is 2.63. The summed E-state index contributed by atoms with van der Waals surface area (Å²) in [6.07, 6.45) is 0.0306. The van der Waals surface area contributed by atoms with Gasteiger partial charge in [-0.1, -0.05) is 12.1 Å². The van der Waals surface area contributed by atoms with E-state index < -0.39 is 10.0 Å². The molecule has 0 radical (unpaired) electrons. The number of aryl methyl sites for hydroxylation is 1. The lowest BCUT2D eigenvalue weighted by atomic mass is 10.1. The predicted molar refractivity (Wildman–Crippen MR) is 112 cm³/mol. The van der Waals surface area contributed by atoms with Gasteiger partial charge in [0, 0.05) is 12.6 Å². The van der Waals surface area contributed by atoms with Gasteiger partial charge >= 0.3 is 0 Å². The Hall–Kier alpha value is -2.09. The zero-order chi connectivity index (χ0) is 20.9. The molecule has 154 valence electrons. The predicted octanol–water partition coefficient (Wildman–Crippen LogP) is 3.37. The first kappa shape index (κ1) is 22.2. The van der Waals surface area contributed by atoms with Crippen molar-refractivity contribution in [1.29, 1.82) is 0 Å². The Kier molecular flexibility index (Phi) is 7.46.